The third-order valence-corrected chi connectivity index (χ3v) is 2.12. The van der Waals surface area contributed by atoms with Crippen LogP contribution in [0, 0.1) is 0 Å². The van der Waals surface area contributed by atoms with Crippen molar-refractivity contribution in [2.24, 2.45) is 5.73 Å². The molecule has 2 nitrogen and oxygen atoms in total. The van der Waals surface area contributed by atoms with Crippen molar-refractivity contribution in [1.29, 1.82) is 0 Å². The lowest BCUT2D eigenvalue weighted by atomic mass is 10.1. The smallest absolute Gasteiger partial charge is 0.0361 e. The van der Waals surface area contributed by atoms with E-state index in [0.717, 1.165) is 19.4 Å². The lowest BCUT2D eigenvalue weighted by molar-refractivity contribution is 0.832. The summed E-state index contributed by atoms with van der Waals surface area (Å²) in [5.74, 6) is 0. The van der Waals surface area contributed by atoms with Crippen LogP contribution in [0.2, 0.25) is 0 Å². The maximum Gasteiger partial charge on any atom is 0.0361 e. The van der Waals surface area contributed by atoms with E-state index in [2.05, 4.69) is 43.3 Å². The summed E-state index contributed by atoms with van der Waals surface area (Å²) in [6.45, 7) is 0.773. The van der Waals surface area contributed by atoms with Gasteiger partial charge in [-0.15, -0.1) is 12.4 Å². The zero-order valence-corrected chi connectivity index (χ0v) is 9.68. The number of anilines is 1. The van der Waals surface area contributed by atoms with Gasteiger partial charge in [-0.2, -0.15) is 0 Å². The third kappa shape index (κ3) is 3.99. The normalized spacial score (nSPS) is 9.36. The zero-order valence-electron chi connectivity index (χ0n) is 8.86. The molecule has 2 N–H and O–H groups in total. The number of nitrogens with two attached hydrogens (primary N) is 1. The molecule has 0 bridgehead atoms. The number of nitrogens with zero attached hydrogens (tertiary/aromatic N) is 1. The number of hydrogen-bond donors (Lipinski definition) is 1. The van der Waals surface area contributed by atoms with E-state index in [1.807, 2.05) is 0 Å². The van der Waals surface area contributed by atoms with Gasteiger partial charge in [-0.1, -0.05) is 12.1 Å². The van der Waals surface area contributed by atoms with E-state index in [-0.39, 0.29) is 12.4 Å². The minimum atomic E-state index is 0. The Kier molecular flexibility index (Phi) is 6.34. The Morgan fingerprint density at radius 1 is 1.14 bits per heavy atom. The summed E-state index contributed by atoms with van der Waals surface area (Å²) in [4.78, 5) is 2.10. The number of halogens is 1. The van der Waals surface area contributed by atoms with Crippen LogP contribution in [-0.4, -0.2) is 20.6 Å². The molecular formula is C11H19ClN2. The largest absolute Gasteiger partial charge is 0.378 e. The minimum absolute atomic E-state index is 0. The Labute approximate surface area is 92.5 Å². The highest BCUT2D eigenvalue weighted by Crippen LogP contribution is 2.12. The summed E-state index contributed by atoms with van der Waals surface area (Å²) in [5, 5.41) is 0. The third-order valence-electron chi connectivity index (χ3n) is 2.12. The van der Waals surface area contributed by atoms with E-state index >= 15 is 0 Å². The molecule has 3 heteroatoms. The lowest BCUT2D eigenvalue weighted by Crippen LogP contribution is -2.08. The number of aryl methyl sites for hydroxylation is 1. The quantitative estimate of drug-likeness (QED) is 0.832. The monoisotopic (exact) mass is 214 g/mol. The average Bonchev–Trinajstić information content (AvgIpc) is 2.15. The van der Waals surface area contributed by atoms with Crippen LogP contribution < -0.4 is 10.6 Å². The Balaban J connectivity index is 0.00000169. The van der Waals surface area contributed by atoms with Crippen LogP contribution in [0.1, 0.15) is 12.0 Å². The summed E-state index contributed by atoms with van der Waals surface area (Å²) >= 11 is 0. The van der Waals surface area contributed by atoms with Crippen LogP contribution in [0.5, 0.6) is 0 Å². The van der Waals surface area contributed by atoms with E-state index < -0.39 is 0 Å². The molecule has 0 atom stereocenters. The van der Waals surface area contributed by atoms with E-state index in [0.29, 0.717) is 0 Å². The number of hydrogen-bond acceptors (Lipinski definition) is 2. The second-order valence-corrected chi connectivity index (χ2v) is 3.45. The van der Waals surface area contributed by atoms with Gasteiger partial charge in [-0.3, -0.25) is 0 Å². The van der Waals surface area contributed by atoms with Gasteiger partial charge in [0.2, 0.25) is 0 Å². The van der Waals surface area contributed by atoms with Gasteiger partial charge in [0.1, 0.15) is 0 Å². The SMILES string of the molecule is CN(C)c1ccc(CCCN)cc1.Cl. The molecule has 0 spiro atoms. The second-order valence-electron chi connectivity index (χ2n) is 3.45. The molecule has 1 aromatic carbocycles. The molecule has 0 amide bonds. The molecule has 0 heterocycles. The molecule has 14 heavy (non-hydrogen) atoms. The van der Waals surface area contributed by atoms with Crippen molar-refractivity contribution >= 4 is 18.1 Å². The molecule has 0 fully saturated rings. The van der Waals surface area contributed by atoms with Gasteiger partial charge in [-0.05, 0) is 37.1 Å². The molecule has 1 aromatic rings. The van der Waals surface area contributed by atoms with Crippen LogP contribution in [0.3, 0.4) is 0 Å². The molecule has 0 aliphatic rings. The van der Waals surface area contributed by atoms with Gasteiger partial charge in [-0.25, -0.2) is 0 Å². The highest BCUT2D eigenvalue weighted by Gasteiger charge is 1.95. The maximum atomic E-state index is 5.45. The van der Waals surface area contributed by atoms with E-state index in [1.54, 1.807) is 0 Å². The summed E-state index contributed by atoms with van der Waals surface area (Å²) in [6.07, 6.45) is 2.16. The summed E-state index contributed by atoms with van der Waals surface area (Å²) in [6, 6.07) is 8.63. The van der Waals surface area contributed by atoms with Crippen molar-refractivity contribution in [3.8, 4) is 0 Å². The molecule has 0 saturated heterocycles. The van der Waals surface area contributed by atoms with Gasteiger partial charge in [0.05, 0.1) is 0 Å². The van der Waals surface area contributed by atoms with Crippen molar-refractivity contribution in [2.75, 3.05) is 25.5 Å². The van der Waals surface area contributed by atoms with Crippen LogP contribution in [0.25, 0.3) is 0 Å². The molecular weight excluding hydrogens is 196 g/mol. The average molecular weight is 215 g/mol. The summed E-state index contributed by atoms with van der Waals surface area (Å²) < 4.78 is 0. The molecule has 1 rings (SSSR count). The molecule has 0 radical (unpaired) electrons. The van der Waals surface area contributed by atoms with Gasteiger partial charge in [0.15, 0.2) is 0 Å². The first-order valence-corrected chi connectivity index (χ1v) is 4.70. The highest BCUT2D eigenvalue weighted by atomic mass is 35.5. The minimum Gasteiger partial charge on any atom is -0.378 e. The zero-order chi connectivity index (χ0) is 9.68. The van der Waals surface area contributed by atoms with Crippen molar-refractivity contribution in [3.63, 3.8) is 0 Å². The Morgan fingerprint density at radius 3 is 2.14 bits per heavy atom. The van der Waals surface area contributed by atoms with E-state index in [4.69, 9.17) is 5.73 Å². The number of rotatable bonds is 4. The number of benzene rings is 1. The predicted octanol–water partition coefficient (Wildman–Crippen LogP) is 2.07. The van der Waals surface area contributed by atoms with Gasteiger partial charge >= 0.3 is 0 Å². The van der Waals surface area contributed by atoms with Crippen LogP contribution in [-0.2, 0) is 6.42 Å². The van der Waals surface area contributed by atoms with Gasteiger partial charge < -0.3 is 10.6 Å². The van der Waals surface area contributed by atoms with Crippen LogP contribution in [0.15, 0.2) is 24.3 Å². The molecule has 0 aliphatic carbocycles. The molecule has 0 aromatic heterocycles. The summed E-state index contributed by atoms with van der Waals surface area (Å²) in [5.41, 5.74) is 8.06. The fraction of sp³-hybridized carbons (Fsp3) is 0.455. The first-order valence-electron chi connectivity index (χ1n) is 4.70. The molecule has 0 saturated carbocycles. The predicted molar refractivity (Wildman–Crippen MR) is 65.4 cm³/mol. The van der Waals surface area contributed by atoms with Gasteiger partial charge in [0, 0.05) is 19.8 Å². The molecule has 0 unspecified atom stereocenters. The lowest BCUT2D eigenvalue weighted by Gasteiger charge is -2.12. The second kappa shape index (κ2) is 6.68. The van der Waals surface area contributed by atoms with E-state index in [9.17, 15) is 0 Å². The topological polar surface area (TPSA) is 29.3 Å². The summed E-state index contributed by atoms with van der Waals surface area (Å²) in [7, 11) is 4.10. The molecule has 0 aliphatic heterocycles. The first-order chi connectivity index (χ1) is 6.24. The first kappa shape index (κ1) is 13.3. The van der Waals surface area contributed by atoms with Crippen molar-refractivity contribution in [3.05, 3.63) is 29.8 Å². The van der Waals surface area contributed by atoms with Crippen molar-refractivity contribution in [2.45, 2.75) is 12.8 Å². The highest BCUT2D eigenvalue weighted by molar-refractivity contribution is 5.85. The van der Waals surface area contributed by atoms with Crippen molar-refractivity contribution < 1.29 is 0 Å². The van der Waals surface area contributed by atoms with E-state index in [1.165, 1.54) is 11.3 Å². The Hall–Kier alpha value is -0.730. The maximum absolute atomic E-state index is 5.45. The standard InChI is InChI=1S/C11H18N2.ClH/c1-13(2)11-7-5-10(6-8-11)4-3-9-12;/h5-8H,3-4,9,12H2,1-2H3;1H. The van der Waals surface area contributed by atoms with Crippen LogP contribution >= 0.6 is 12.4 Å². The van der Waals surface area contributed by atoms with Crippen molar-refractivity contribution in [1.82, 2.24) is 0 Å². The van der Waals surface area contributed by atoms with Gasteiger partial charge in [0.25, 0.3) is 0 Å². The fourth-order valence-electron chi connectivity index (χ4n) is 1.27. The fourth-order valence-corrected chi connectivity index (χ4v) is 1.27. The Bertz CT molecular complexity index is 244. The van der Waals surface area contributed by atoms with Crippen LogP contribution in [0.4, 0.5) is 5.69 Å². The molecule has 80 valence electrons. The Morgan fingerprint density at radius 2 is 1.71 bits per heavy atom.